The Balaban J connectivity index is 1.23. The average Bonchev–Trinajstić information content (AvgIpc) is 2.89. The standard InChI is InChI=1S/C26H29N5O2/c1-33-25-16-27-15-24(28-25)30-13-11-29(12-14-30)19-26(32)31-17-21-9-5-6-10-22(21)23(18-31)20-7-3-2-4-8-20/h2-10,15-16,23H,11-14,17-19H2,1H3. The number of hydrogen-bond acceptors (Lipinski definition) is 6. The second-order valence-electron chi connectivity index (χ2n) is 8.62. The smallest absolute Gasteiger partial charge is 0.237 e. The summed E-state index contributed by atoms with van der Waals surface area (Å²) in [6.45, 7) is 5.10. The van der Waals surface area contributed by atoms with E-state index in [1.54, 1.807) is 19.5 Å². The first-order valence-corrected chi connectivity index (χ1v) is 11.4. The molecule has 1 unspecified atom stereocenters. The Morgan fingerprint density at radius 3 is 2.55 bits per heavy atom. The predicted molar refractivity (Wildman–Crippen MR) is 127 cm³/mol. The summed E-state index contributed by atoms with van der Waals surface area (Å²) in [4.78, 5) is 28.5. The number of hydrogen-bond donors (Lipinski definition) is 0. The van der Waals surface area contributed by atoms with E-state index in [1.165, 1.54) is 16.7 Å². The third kappa shape index (κ3) is 4.68. The zero-order chi connectivity index (χ0) is 22.6. The van der Waals surface area contributed by atoms with Gasteiger partial charge in [0, 0.05) is 45.2 Å². The van der Waals surface area contributed by atoms with Crippen LogP contribution in [0.5, 0.6) is 5.88 Å². The van der Waals surface area contributed by atoms with Crippen molar-refractivity contribution in [2.75, 3.05) is 51.3 Å². The van der Waals surface area contributed by atoms with Gasteiger partial charge in [-0.1, -0.05) is 54.6 Å². The number of ether oxygens (including phenoxy) is 1. The lowest BCUT2D eigenvalue weighted by Crippen LogP contribution is -2.51. The minimum absolute atomic E-state index is 0.194. The summed E-state index contributed by atoms with van der Waals surface area (Å²) >= 11 is 0. The number of aromatic nitrogens is 2. The lowest BCUT2D eigenvalue weighted by Gasteiger charge is -2.38. The first kappa shape index (κ1) is 21.4. The summed E-state index contributed by atoms with van der Waals surface area (Å²) in [5.41, 5.74) is 3.84. The first-order chi connectivity index (χ1) is 16.2. The molecule has 170 valence electrons. The molecule has 1 amide bonds. The molecule has 0 aliphatic carbocycles. The van der Waals surface area contributed by atoms with Crippen LogP contribution in [0, 0.1) is 0 Å². The molecule has 1 fully saturated rings. The van der Waals surface area contributed by atoms with E-state index in [1.807, 2.05) is 11.0 Å². The van der Waals surface area contributed by atoms with Crippen molar-refractivity contribution in [3.63, 3.8) is 0 Å². The van der Waals surface area contributed by atoms with Crippen LogP contribution in [0.15, 0.2) is 67.0 Å². The van der Waals surface area contributed by atoms with Gasteiger partial charge >= 0.3 is 0 Å². The van der Waals surface area contributed by atoms with Crippen molar-refractivity contribution in [2.45, 2.75) is 12.5 Å². The summed E-state index contributed by atoms with van der Waals surface area (Å²) in [7, 11) is 1.60. The van der Waals surface area contributed by atoms with Gasteiger partial charge in [-0.2, -0.15) is 4.98 Å². The number of amides is 1. The minimum Gasteiger partial charge on any atom is -0.480 e. The fraction of sp³-hybridized carbons (Fsp3) is 0.346. The van der Waals surface area contributed by atoms with Gasteiger partial charge in [-0.25, -0.2) is 0 Å². The van der Waals surface area contributed by atoms with E-state index in [-0.39, 0.29) is 11.8 Å². The highest BCUT2D eigenvalue weighted by Crippen LogP contribution is 2.33. The molecule has 1 atom stereocenters. The number of fused-ring (bicyclic) bond motifs is 1. The van der Waals surface area contributed by atoms with Crippen molar-refractivity contribution in [1.82, 2.24) is 19.8 Å². The fourth-order valence-corrected chi connectivity index (χ4v) is 4.78. The second kappa shape index (κ2) is 9.58. The van der Waals surface area contributed by atoms with Gasteiger partial charge in [-0.15, -0.1) is 0 Å². The fourth-order valence-electron chi connectivity index (χ4n) is 4.78. The van der Waals surface area contributed by atoms with Gasteiger partial charge in [-0.3, -0.25) is 14.7 Å². The number of nitrogens with zero attached hydrogens (tertiary/aromatic N) is 5. The van der Waals surface area contributed by atoms with Crippen LogP contribution in [-0.2, 0) is 11.3 Å². The summed E-state index contributed by atoms with van der Waals surface area (Å²) in [6, 6.07) is 19.0. The molecule has 7 heteroatoms. The van der Waals surface area contributed by atoms with Gasteiger partial charge < -0.3 is 14.5 Å². The quantitative estimate of drug-likeness (QED) is 0.604. The van der Waals surface area contributed by atoms with Gasteiger partial charge in [0.2, 0.25) is 11.8 Å². The zero-order valence-electron chi connectivity index (χ0n) is 18.9. The monoisotopic (exact) mass is 443 g/mol. The second-order valence-corrected chi connectivity index (χ2v) is 8.62. The molecule has 2 aromatic carbocycles. The van der Waals surface area contributed by atoms with E-state index >= 15 is 0 Å². The van der Waals surface area contributed by atoms with Gasteiger partial charge in [0.15, 0.2) is 5.82 Å². The Kier molecular flexibility index (Phi) is 6.21. The summed E-state index contributed by atoms with van der Waals surface area (Å²) < 4.78 is 5.19. The maximum Gasteiger partial charge on any atom is 0.237 e. The number of carbonyl (C=O) groups is 1. The van der Waals surface area contributed by atoms with Gasteiger partial charge in [0.25, 0.3) is 0 Å². The normalized spacial score (nSPS) is 18.6. The van der Waals surface area contributed by atoms with Gasteiger partial charge in [-0.05, 0) is 16.7 Å². The molecule has 0 radical (unpaired) electrons. The number of rotatable bonds is 5. The lowest BCUT2D eigenvalue weighted by atomic mass is 9.84. The summed E-state index contributed by atoms with van der Waals surface area (Å²) in [5.74, 6) is 1.74. The van der Waals surface area contributed by atoms with E-state index in [0.29, 0.717) is 19.0 Å². The highest BCUT2D eigenvalue weighted by atomic mass is 16.5. The van der Waals surface area contributed by atoms with Crippen molar-refractivity contribution in [3.8, 4) is 5.88 Å². The van der Waals surface area contributed by atoms with Crippen LogP contribution in [0.1, 0.15) is 22.6 Å². The molecule has 3 heterocycles. The number of methoxy groups -OCH3 is 1. The third-order valence-electron chi connectivity index (χ3n) is 6.61. The van der Waals surface area contributed by atoms with Crippen LogP contribution in [0.4, 0.5) is 5.82 Å². The Bertz CT molecular complexity index is 1100. The maximum atomic E-state index is 13.3. The lowest BCUT2D eigenvalue weighted by molar-refractivity contribution is -0.133. The van der Waals surface area contributed by atoms with Crippen molar-refractivity contribution in [1.29, 1.82) is 0 Å². The average molecular weight is 444 g/mol. The van der Waals surface area contributed by atoms with Crippen LogP contribution in [0.3, 0.4) is 0 Å². The Labute approximate surface area is 194 Å². The molecule has 0 saturated carbocycles. The van der Waals surface area contributed by atoms with Crippen molar-refractivity contribution >= 4 is 11.7 Å². The molecular weight excluding hydrogens is 414 g/mol. The minimum atomic E-state index is 0.194. The first-order valence-electron chi connectivity index (χ1n) is 11.4. The van der Waals surface area contributed by atoms with Gasteiger partial charge in [0.1, 0.15) is 0 Å². The summed E-state index contributed by atoms with van der Waals surface area (Å²) in [6.07, 6.45) is 3.37. The SMILES string of the molecule is COc1cncc(N2CCN(CC(=O)N3Cc4ccccc4C(c4ccccc4)C3)CC2)n1. The Morgan fingerprint density at radius 1 is 1.00 bits per heavy atom. The molecule has 3 aromatic rings. The number of anilines is 1. The molecule has 1 aromatic heterocycles. The molecule has 0 bridgehead atoms. The van der Waals surface area contributed by atoms with E-state index in [4.69, 9.17) is 4.74 Å². The topological polar surface area (TPSA) is 61.8 Å². The van der Waals surface area contributed by atoms with Crippen LogP contribution >= 0.6 is 0 Å². The van der Waals surface area contributed by atoms with Crippen LogP contribution < -0.4 is 9.64 Å². The molecule has 7 nitrogen and oxygen atoms in total. The molecule has 1 saturated heterocycles. The number of piperazine rings is 1. The molecular formula is C26H29N5O2. The van der Waals surface area contributed by atoms with Crippen molar-refractivity contribution in [3.05, 3.63) is 83.7 Å². The molecule has 5 rings (SSSR count). The predicted octanol–water partition coefficient (Wildman–Crippen LogP) is 2.78. The Morgan fingerprint density at radius 2 is 1.76 bits per heavy atom. The molecule has 2 aliphatic heterocycles. The van der Waals surface area contributed by atoms with E-state index in [2.05, 4.69) is 68.3 Å². The van der Waals surface area contributed by atoms with E-state index in [0.717, 1.165) is 38.5 Å². The van der Waals surface area contributed by atoms with Crippen LogP contribution in [-0.4, -0.2) is 72.1 Å². The molecule has 33 heavy (non-hydrogen) atoms. The number of carbonyl (C=O) groups excluding carboxylic acids is 1. The number of benzene rings is 2. The maximum absolute atomic E-state index is 13.3. The van der Waals surface area contributed by atoms with Gasteiger partial charge in [0.05, 0.1) is 26.0 Å². The highest BCUT2D eigenvalue weighted by molar-refractivity contribution is 5.79. The van der Waals surface area contributed by atoms with E-state index < -0.39 is 0 Å². The Hall–Kier alpha value is -3.45. The molecule has 0 spiro atoms. The largest absolute Gasteiger partial charge is 0.480 e. The summed E-state index contributed by atoms with van der Waals surface area (Å²) in [5, 5.41) is 0. The van der Waals surface area contributed by atoms with Crippen LogP contribution in [0.2, 0.25) is 0 Å². The third-order valence-corrected chi connectivity index (χ3v) is 6.61. The van der Waals surface area contributed by atoms with Crippen molar-refractivity contribution in [2.24, 2.45) is 0 Å². The highest BCUT2D eigenvalue weighted by Gasteiger charge is 2.30. The van der Waals surface area contributed by atoms with Crippen LogP contribution in [0.25, 0.3) is 0 Å². The van der Waals surface area contributed by atoms with Crippen molar-refractivity contribution < 1.29 is 9.53 Å². The van der Waals surface area contributed by atoms with E-state index in [9.17, 15) is 4.79 Å². The zero-order valence-corrected chi connectivity index (χ0v) is 18.9. The molecule has 2 aliphatic rings. The molecule has 0 N–H and O–H groups in total.